The second-order valence-electron chi connectivity index (χ2n) is 4.34. The third-order valence-electron chi connectivity index (χ3n) is 2.69. The standard InChI is InChI=1S/C11H16N2O5S/c1-7-4-10(5-11(9(7)3)13(15)16)19(17,18)12-6-8(2)14/h4-5,8,12,14H,6H2,1-3H3. The van der Waals surface area contributed by atoms with Crippen molar-refractivity contribution >= 4 is 15.7 Å². The number of nitro groups is 1. The van der Waals surface area contributed by atoms with Crippen molar-refractivity contribution in [2.45, 2.75) is 31.8 Å². The fourth-order valence-electron chi connectivity index (χ4n) is 1.47. The molecule has 0 aliphatic heterocycles. The largest absolute Gasteiger partial charge is 0.392 e. The molecule has 0 amide bonds. The Morgan fingerprint density at radius 3 is 2.47 bits per heavy atom. The number of aliphatic hydroxyl groups is 1. The molecule has 2 N–H and O–H groups in total. The van der Waals surface area contributed by atoms with Gasteiger partial charge in [0, 0.05) is 18.2 Å². The monoisotopic (exact) mass is 288 g/mol. The highest BCUT2D eigenvalue weighted by atomic mass is 32.2. The van der Waals surface area contributed by atoms with Gasteiger partial charge in [-0.25, -0.2) is 13.1 Å². The molecule has 1 unspecified atom stereocenters. The van der Waals surface area contributed by atoms with E-state index in [0.717, 1.165) is 6.07 Å². The Bertz CT molecular complexity index is 595. The van der Waals surface area contributed by atoms with Crippen LogP contribution in [0.2, 0.25) is 0 Å². The predicted octanol–water partition coefficient (Wildman–Crippen LogP) is 0.871. The van der Waals surface area contributed by atoms with Gasteiger partial charge in [0.1, 0.15) is 0 Å². The van der Waals surface area contributed by atoms with Crippen molar-refractivity contribution in [2.75, 3.05) is 6.54 Å². The highest BCUT2D eigenvalue weighted by Crippen LogP contribution is 2.25. The molecule has 0 saturated carbocycles. The molecule has 0 spiro atoms. The van der Waals surface area contributed by atoms with Crippen molar-refractivity contribution in [3.63, 3.8) is 0 Å². The van der Waals surface area contributed by atoms with Crippen LogP contribution >= 0.6 is 0 Å². The molecular weight excluding hydrogens is 272 g/mol. The maximum atomic E-state index is 11.9. The van der Waals surface area contributed by atoms with E-state index in [2.05, 4.69) is 4.72 Å². The summed E-state index contributed by atoms with van der Waals surface area (Å²) < 4.78 is 26.0. The highest BCUT2D eigenvalue weighted by Gasteiger charge is 2.21. The predicted molar refractivity (Wildman–Crippen MR) is 69.4 cm³/mol. The van der Waals surface area contributed by atoms with Crippen LogP contribution in [-0.4, -0.2) is 31.1 Å². The van der Waals surface area contributed by atoms with Crippen LogP contribution in [0.4, 0.5) is 5.69 Å². The molecule has 0 aliphatic rings. The Kier molecular flexibility index (Phi) is 4.61. The van der Waals surface area contributed by atoms with E-state index in [1.165, 1.54) is 13.0 Å². The number of aryl methyl sites for hydroxylation is 1. The number of hydrogen-bond acceptors (Lipinski definition) is 5. The number of nitrogens with one attached hydrogen (secondary N) is 1. The molecular formula is C11H16N2O5S. The Morgan fingerprint density at radius 2 is 2.00 bits per heavy atom. The number of nitrogens with zero attached hydrogens (tertiary/aromatic N) is 1. The quantitative estimate of drug-likeness (QED) is 0.617. The first kappa shape index (κ1) is 15.5. The molecule has 0 aromatic heterocycles. The minimum absolute atomic E-state index is 0.150. The lowest BCUT2D eigenvalue weighted by Crippen LogP contribution is -2.30. The van der Waals surface area contributed by atoms with Crippen LogP contribution in [0.25, 0.3) is 0 Å². The summed E-state index contributed by atoms with van der Waals surface area (Å²) in [7, 11) is -3.87. The number of nitro benzene ring substituents is 1. The summed E-state index contributed by atoms with van der Waals surface area (Å²) in [5.74, 6) is 0. The average Bonchev–Trinajstić information content (AvgIpc) is 2.29. The van der Waals surface area contributed by atoms with Gasteiger partial charge in [-0.3, -0.25) is 10.1 Å². The highest BCUT2D eigenvalue weighted by molar-refractivity contribution is 7.89. The molecule has 0 aliphatic carbocycles. The van der Waals surface area contributed by atoms with Crippen LogP contribution in [0.1, 0.15) is 18.1 Å². The molecule has 106 valence electrons. The number of rotatable bonds is 5. The second kappa shape index (κ2) is 5.64. The second-order valence-corrected chi connectivity index (χ2v) is 6.11. The maximum Gasteiger partial charge on any atom is 0.273 e. The van der Waals surface area contributed by atoms with Crippen LogP contribution in [0.15, 0.2) is 17.0 Å². The molecule has 1 aromatic rings. The summed E-state index contributed by atoms with van der Waals surface area (Å²) in [6, 6.07) is 2.39. The fraction of sp³-hybridized carbons (Fsp3) is 0.455. The van der Waals surface area contributed by atoms with Crippen molar-refractivity contribution in [3.05, 3.63) is 33.4 Å². The van der Waals surface area contributed by atoms with Crippen LogP contribution in [0.3, 0.4) is 0 Å². The molecule has 0 saturated heterocycles. The van der Waals surface area contributed by atoms with Crippen LogP contribution in [-0.2, 0) is 10.0 Å². The average molecular weight is 288 g/mol. The van der Waals surface area contributed by atoms with Crippen molar-refractivity contribution in [2.24, 2.45) is 0 Å². The van der Waals surface area contributed by atoms with Crippen molar-refractivity contribution in [1.82, 2.24) is 4.72 Å². The Morgan fingerprint density at radius 1 is 1.42 bits per heavy atom. The van der Waals surface area contributed by atoms with Gasteiger partial charge < -0.3 is 5.11 Å². The fourth-order valence-corrected chi connectivity index (χ4v) is 2.69. The van der Waals surface area contributed by atoms with Gasteiger partial charge in [0.25, 0.3) is 5.69 Å². The van der Waals surface area contributed by atoms with Gasteiger partial charge in [0.15, 0.2) is 0 Å². The van der Waals surface area contributed by atoms with Gasteiger partial charge in [0.2, 0.25) is 10.0 Å². The lowest BCUT2D eigenvalue weighted by molar-refractivity contribution is -0.385. The van der Waals surface area contributed by atoms with Gasteiger partial charge in [0.05, 0.1) is 15.9 Å². The third-order valence-corrected chi connectivity index (χ3v) is 4.09. The Balaban J connectivity index is 3.25. The Labute approximate surface area is 111 Å². The zero-order chi connectivity index (χ0) is 14.8. The summed E-state index contributed by atoms with van der Waals surface area (Å²) in [5, 5.41) is 19.9. The third kappa shape index (κ3) is 3.72. The first-order valence-electron chi connectivity index (χ1n) is 5.58. The maximum absolute atomic E-state index is 11.9. The summed E-state index contributed by atoms with van der Waals surface area (Å²) >= 11 is 0. The number of benzene rings is 1. The van der Waals surface area contributed by atoms with Gasteiger partial charge in [-0.05, 0) is 32.4 Å². The van der Waals surface area contributed by atoms with Crippen molar-refractivity contribution in [3.8, 4) is 0 Å². The molecule has 1 atom stereocenters. The first-order chi connectivity index (χ1) is 8.65. The molecule has 0 heterocycles. The van der Waals surface area contributed by atoms with E-state index in [4.69, 9.17) is 5.11 Å². The van der Waals surface area contributed by atoms with Crippen LogP contribution < -0.4 is 4.72 Å². The molecule has 0 bridgehead atoms. The summed E-state index contributed by atoms with van der Waals surface area (Å²) in [4.78, 5) is 10.1. The number of aliphatic hydroxyl groups excluding tert-OH is 1. The number of sulfonamides is 1. The molecule has 1 rings (SSSR count). The lowest BCUT2D eigenvalue weighted by Gasteiger charge is -2.10. The van der Waals surface area contributed by atoms with Crippen LogP contribution in [0, 0.1) is 24.0 Å². The topological polar surface area (TPSA) is 110 Å². The Hall–Kier alpha value is -1.51. The van der Waals surface area contributed by atoms with E-state index in [1.807, 2.05) is 0 Å². The van der Waals surface area contributed by atoms with Gasteiger partial charge in [-0.15, -0.1) is 0 Å². The zero-order valence-corrected chi connectivity index (χ0v) is 11.7. The van der Waals surface area contributed by atoms with E-state index in [-0.39, 0.29) is 17.1 Å². The molecule has 1 aromatic carbocycles. The van der Waals surface area contributed by atoms with Gasteiger partial charge in [-0.2, -0.15) is 0 Å². The van der Waals surface area contributed by atoms with Crippen LogP contribution in [0.5, 0.6) is 0 Å². The van der Waals surface area contributed by atoms with E-state index in [9.17, 15) is 18.5 Å². The molecule has 8 heteroatoms. The van der Waals surface area contributed by atoms with E-state index in [0.29, 0.717) is 11.1 Å². The van der Waals surface area contributed by atoms with Crippen molar-refractivity contribution in [1.29, 1.82) is 0 Å². The van der Waals surface area contributed by atoms with E-state index >= 15 is 0 Å². The molecule has 0 fully saturated rings. The lowest BCUT2D eigenvalue weighted by atomic mass is 10.1. The summed E-state index contributed by atoms with van der Waals surface area (Å²) in [6.07, 6.45) is -0.837. The first-order valence-corrected chi connectivity index (χ1v) is 7.07. The minimum atomic E-state index is -3.87. The SMILES string of the molecule is Cc1cc(S(=O)(=O)NCC(C)O)cc([N+](=O)[O-])c1C. The molecule has 19 heavy (non-hydrogen) atoms. The molecule has 0 radical (unpaired) electrons. The number of hydrogen-bond donors (Lipinski definition) is 2. The van der Waals surface area contributed by atoms with Gasteiger partial charge in [-0.1, -0.05) is 0 Å². The summed E-state index contributed by atoms with van der Waals surface area (Å²) in [5.41, 5.74) is 0.712. The minimum Gasteiger partial charge on any atom is -0.392 e. The summed E-state index contributed by atoms with van der Waals surface area (Å²) in [6.45, 7) is 4.46. The van der Waals surface area contributed by atoms with E-state index < -0.39 is 21.1 Å². The normalized spacial score (nSPS) is 13.3. The van der Waals surface area contributed by atoms with E-state index in [1.54, 1.807) is 13.8 Å². The van der Waals surface area contributed by atoms with Crippen molar-refractivity contribution < 1.29 is 18.4 Å². The smallest absolute Gasteiger partial charge is 0.273 e. The molecule has 7 nitrogen and oxygen atoms in total. The van der Waals surface area contributed by atoms with Gasteiger partial charge >= 0.3 is 0 Å². The zero-order valence-electron chi connectivity index (χ0n) is 10.9.